The summed E-state index contributed by atoms with van der Waals surface area (Å²) in [5, 5.41) is 0. The van der Waals surface area contributed by atoms with E-state index in [1.54, 1.807) is 48.8 Å². The van der Waals surface area contributed by atoms with Gasteiger partial charge in [-0.3, -0.25) is 19.4 Å². The molecule has 3 amide bonds. The van der Waals surface area contributed by atoms with Crippen LogP contribution in [0.3, 0.4) is 0 Å². The van der Waals surface area contributed by atoms with E-state index >= 15 is 0 Å². The summed E-state index contributed by atoms with van der Waals surface area (Å²) in [6.45, 7) is 0.0969. The van der Waals surface area contributed by atoms with E-state index in [1.165, 1.54) is 36.3 Å². The van der Waals surface area contributed by atoms with E-state index in [2.05, 4.69) is 4.98 Å². The number of rotatable bonds is 6. The maximum atomic E-state index is 13.4. The Kier molecular flexibility index (Phi) is 5.93. The highest BCUT2D eigenvalue weighted by Gasteiger charge is 2.44. The molecule has 3 aromatic rings. The smallest absolute Gasteiger partial charge is 0.257 e. The SMILES string of the molecule is COc1ccc(C(=O)N(Cc2cccnc2)C2CC(=O)N(c3ccc(F)cc3)C2=O)cc1. The van der Waals surface area contributed by atoms with Gasteiger partial charge >= 0.3 is 0 Å². The van der Waals surface area contributed by atoms with Crippen LogP contribution in [0.5, 0.6) is 5.75 Å². The van der Waals surface area contributed by atoms with Crippen LogP contribution in [0.4, 0.5) is 10.1 Å². The summed E-state index contributed by atoms with van der Waals surface area (Å²) in [5.74, 6) is -1.27. The molecule has 4 rings (SSSR count). The molecule has 1 aliphatic heterocycles. The normalized spacial score (nSPS) is 15.7. The maximum Gasteiger partial charge on any atom is 0.257 e. The lowest BCUT2D eigenvalue weighted by Gasteiger charge is -2.28. The van der Waals surface area contributed by atoms with Crippen molar-refractivity contribution in [3.05, 3.63) is 90.0 Å². The molecule has 1 aromatic heterocycles. The Hall–Kier alpha value is -4.07. The Bertz CT molecular complexity index is 1130. The highest BCUT2D eigenvalue weighted by atomic mass is 19.1. The molecule has 7 nitrogen and oxygen atoms in total. The lowest BCUT2D eigenvalue weighted by atomic mass is 10.1. The van der Waals surface area contributed by atoms with Crippen LogP contribution < -0.4 is 9.64 Å². The Balaban J connectivity index is 1.67. The largest absolute Gasteiger partial charge is 0.497 e. The molecule has 2 aromatic carbocycles. The van der Waals surface area contributed by atoms with Gasteiger partial charge in [-0.25, -0.2) is 9.29 Å². The van der Waals surface area contributed by atoms with Crippen molar-refractivity contribution >= 4 is 23.4 Å². The molecule has 1 saturated heterocycles. The molecule has 1 atom stereocenters. The molecular formula is C24H20FN3O4. The van der Waals surface area contributed by atoms with Gasteiger partial charge in [0.05, 0.1) is 19.2 Å². The molecular weight excluding hydrogens is 413 g/mol. The van der Waals surface area contributed by atoms with Gasteiger partial charge < -0.3 is 9.64 Å². The fraction of sp³-hybridized carbons (Fsp3) is 0.167. The minimum atomic E-state index is -0.998. The van der Waals surface area contributed by atoms with Crippen LogP contribution in [0, 0.1) is 5.82 Å². The summed E-state index contributed by atoms with van der Waals surface area (Å²) >= 11 is 0. The summed E-state index contributed by atoms with van der Waals surface area (Å²) in [4.78, 5) is 45.8. The second kappa shape index (κ2) is 8.97. The third kappa shape index (κ3) is 4.20. The number of methoxy groups -OCH3 is 1. The summed E-state index contributed by atoms with van der Waals surface area (Å²) in [7, 11) is 1.53. The average Bonchev–Trinajstić information content (AvgIpc) is 3.12. The third-order valence-corrected chi connectivity index (χ3v) is 5.26. The van der Waals surface area contributed by atoms with Gasteiger partial charge in [0.15, 0.2) is 0 Å². The van der Waals surface area contributed by atoms with Crippen molar-refractivity contribution in [2.45, 2.75) is 19.0 Å². The first-order chi connectivity index (χ1) is 15.5. The molecule has 0 radical (unpaired) electrons. The summed E-state index contributed by atoms with van der Waals surface area (Å²) in [6, 6.07) is 14.1. The van der Waals surface area contributed by atoms with E-state index in [4.69, 9.17) is 4.74 Å². The number of pyridine rings is 1. The Morgan fingerprint density at radius 2 is 1.84 bits per heavy atom. The van der Waals surface area contributed by atoms with E-state index < -0.39 is 29.6 Å². The number of halogens is 1. The van der Waals surface area contributed by atoms with Crippen molar-refractivity contribution < 1.29 is 23.5 Å². The zero-order chi connectivity index (χ0) is 22.7. The quantitative estimate of drug-likeness (QED) is 0.558. The highest BCUT2D eigenvalue weighted by molar-refractivity contribution is 6.23. The molecule has 2 heterocycles. The molecule has 1 unspecified atom stereocenters. The van der Waals surface area contributed by atoms with Crippen LogP contribution in [0.2, 0.25) is 0 Å². The number of carbonyl (C=O) groups is 3. The number of anilines is 1. The first-order valence-electron chi connectivity index (χ1n) is 9.94. The zero-order valence-corrected chi connectivity index (χ0v) is 17.3. The third-order valence-electron chi connectivity index (χ3n) is 5.26. The van der Waals surface area contributed by atoms with Crippen molar-refractivity contribution in [2.75, 3.05) is 12.0 Å². The van der Waals surface area contributed by atoms with Gasteiger partial charge in [-0.1, -0.05) is 6.07 Å². The summed E-state index contributed by atoms with van der Waals surface area (Å²) in [6.07, 6.45) is 3.05. The number of benzene rings is 2. The van der Waals surface area contributed by atoms with Crippen molar-refractivity contribution in [2.24, 2.45) is 0 Å². The van der Waals surface area contributed by atoms with Crippen molar-refractivity contribution in [3.63, 3.8) is 0 Å². The number of hydrogen-bond donors (Lipinski definition) is 0. The van der Waals surface area contributed by atoms with Crippen molar-refractivity contribution in [3.8, 4) is 5.75 Å². The Morgan fingerprint density at radius 1 is 1.12 bits per heavy atom. The predicted octanol–water partition coefficient (Wildman–Crippen LogP) is 3.20. The number of aromatic nitrogens is 1. The maximum absolute atomic E-state index is 13.4. The van der Waals surface area contributed by atoms with Crippen LogP contribution in [-0.4, -0.2) is 40.8 Å². The van der Waals surface area contributed by atoms with Crippen LogP contribution in [0.15, 0.2) is 73.1 Å². The van der Waals surface area contributed by atoms with Gasteiger partial charge in [-0.2, -0.15) is 0 Å². The number of amides is 3. The first-order valence-corrected chi connectivity index (χ1v) is 9.94. The molecule has 32 heavy (non-hydrogen) atoms. The van der Waals surface area contributed by atoms with E-state index in [9.17, 15) is 18.8 Å². The van der Waals surface area contributed by atoms with E-state index in [1.807, 2.05) is 0 Å². The van der Waals surface area contributed by atoms with Crippen LogP contribution in [0.1, 0.15) is 22.3 Å². The molecule has 0 aliphatic carbocycles. The van der Waals surface area contributed by atoms with Gasteiger partial charge in [0.2, 0.25) is 5.91 Å². The average molecular weight is 433 g/mol. The van der Waals surface area contributed by atoms with Gasteiger partial charge in [-0.05, 0) is 60.2 Å². The monoisotopic (exact) mass is 433 g/mol. The molecule has 1 aliphatic rings. The predicted molar refractivity (Wildman–Crippen MR) is 114 cm³/mol. The van der Waals surface area contributed by atoms with Gasteiger partial charge in [0.1, 0.15) is 17.6 Å². The summed E-state index contributed by atoms with van der Waals surface area (Å²) in [5.41, 5.74) is 1.34. The first kappa shape index (κ1) is 21.2. The zero-order valence-electron chi connectivity index (χ0n) is 17.3. The standard InChI is InChI=1S/C24H20FN3O4/c1-32-20-10-4-17(5-11-20)23(30)27(15-16-3-2-12-26-14-16)21-13-22(29)28(24(21)31)19-8-6-18(25)7-9-19/h2-12,14,21H,13,15H2,1H3. The minimum Gasteiger partial charge on any atom is -0.497 e. The fourth-order valence-corrected chi connectivity index (χ4v) is 3.63. The molecule has 0 N–H and O–H groups in total. The van der Waals surface area contributed by atoms with Gasteiger partial charge in [0, 0.05) is 24.5 Å². The lowest BCUT2D eigenvalue weighted by molar-refractivity contribution is -0.122. The molecule has 1 fully saturated rings. The highest BCUT2D eigenvalue weighted by Crippen LogP contribution is 2.28. The van der Waals surface area contributed by atoms with E-state index in [-0.39, 0.29) is 18.7 Å². The van der Waals surface area contributed by atoms with Crippen molar-refractivity contribution in [1.82, 2.24) is 9.88 Å². The van der Waals surface area contributed by atoms with Crippen LogP contribution in [-0.2, 0) is 16.1 Å². The molecule has 162 valence electrons. The van der Waals surface area contributed by atoms with E-state index in [0.717, 1.165) is 10.5 Å². The topological polar surface area (TPSA) is 79.8 Å². The molecule has 0 spiro atoms. The molecule has 8 heteroatoms. The number of nitrogens with zero attached hydrogens (tertiary/aromatic N) is 3. The second-order valence-corrected chi connectivity index (χ2v) is 7.29. The van der Waals surface area contributed by atoms with E-state index in [0.29, 0.717) is 11.3 Å². The molecule has 0 bridgehead atoms. The number of imide groups is 1. The summed E-state index contributed by atoms with van der Waals surface area (Å²) < 4.78 is 18.4. The van der Waals surface area contributed by atoms with Gasteiger partial charge in [-0.15, -0.1) is 0 Å². The number of hydrogen-bond acceptors (Lipinski definition) is 5. The second-order valence-electron chi connectivity index (χ2n) is 7.29. The number of carbonyl (C=O) groups excluding carboxylic acids is 3. The Morgan fingerprint density at radius 3 is 2.47 bits per heavy atom. The fourth-order valence-electron chi connectivity index (χ4n) is 3.63. The minimum absolute atomic E-state index is 0.0969. The van der Waals surface area contributed by atoms with Crippen molar-refractivity contribution in [1.29, 1.82) is 0 Å². The lowest BCUT2D eigenvalue weighted by Crippen LogP contribution is -2.45. The van der Waals surface area contributed by atoms with Crippen LogP contribution >= 0.6 is 0 Å². The van der Waals surface area contributed by atoms with Crippen LogP contribution in [0.25, 0.3) is 0 Å². The Labute approximate surface area is 184 Å². The number of ether oxygens (including phenoxy) is 1. The molecule has 0 saturated carbocycles. The van der Waals surface area contributed by atoms with Gasteiger partial charge in [0.25, 0.3) is 11.8 Å².